The van der Waals surface area contributed by atoms with E-state index >= 15 is 0 Å². The van der Waals surface area contributed by atoms with Gasteiger partial charge in [0.25, 0.3) is 5.91 Å². The average molecular weight is 372 g/mol. The molecule has 3 aliphatic rings. The Bertz CT molecular complexity index is 774. The highest BCUT2D eigenvalue weighted by atomic mass is 16.7. The molecule has 0 bridgehead atoms. The molecule has 8 nitrogen and oxygen atoms in total. The van der Waals surface area contributed by atoms with Crippen molar-refractivity contribution < 1.29 is 19.2 Å². The van der Waals surface area contributed by atoms with E-state index in [4.69, 9.17) is 4.84 Å². The molecule has 1 aliphatic carbocycles. The molecule has 0 spiro atoms. The lowest BCUT2D eigenvalue weighted by Gasteiger charge is -2.26. The van der Waals surface area contributed by atoms with E-state index in [0.717, 1.165) is 29.0 Å². The highest BCUT2D eigenvalue weighted by molar-refractivity contribution is 6.07. The number of benzene rings is 1. The van der Waals surface area contributed by atoms with Gasteiger partial charge in [-0.2, -0.15) is 5.06 Å². The van der Waals surface area contributed by atoms with Gasteiger partial charge in [-0.1, -0.05) is 12.1 Å². The second-order valence-corrected chi connectivity index (χ2v) is 7.64. The van der Waals surface area contributed by atoms with Crippen LogP contribution >= 0.6 is 0 Å². The van der Waals surface area contributed by atoms with Crippen molar-refractivity contribution in [1.29, 1.82) is 0 Å². The SMILES string of the molecule is CN1C(=O)C2ON(CC(=O)NC3CC3)C(c3ccc(N(C)C)cc3)C2C1=O. The highest BCUT2D eigenvalue weighted by Gasteiger charge is 2.58. The van der Waals surface area contributed by atoms with Crippen LogP contribution in [0, 0.1) is 5.92 Å². The van der Waals surface area contributed by atoms with Gasteiger partial charge in [0.2, 0.25) is 11.8 Å². The number of likely N-dealkylation sites (N-methyl/N-ethyl adjacent to an activating group) is 1. The maximum Gasteiger partial charge on any atom is 0.261 e. The van der Waals surface area contributed by atoms with Crippen molar-refractivity contribution in [2.45, 2.75) is 31.0 Å². The molecule has 3 fully saturated rings. The first kappa shape index (κ1) is 17.9. The molecule has 3 unspecified atom stereocenters. The first-order valence-corrected chi connectivity index (χ1v) is 9.18. The summed E-state index contributed by atoms with van der Waals surface area (Å²) in [6.45, 7) is -0.00608. The van der Waals surface area contributed by atoms with Crippen LogP contribution in [0.5, 0.6) is 0 Å². The lowest BCUT2D eigenvalue weighted by atomic mass is 9.90. The number of hydroxylamine groups is 2. The zero-order valence-electron chi connectivity index (χ0n) is 15.7. The lowest BCUT2D eigenvalue weighted by molar-refractivity contribution is -0.181. The molecule has 1 aromatic carbocycles. The third-order valence-corrected chi connectivity index (χ3v) is 5.41. The lowest BCUT2D eigenvalue weighted by Crippen LogP contribution is -2.40. The molecule has 0 aromatic heterocycles. The first-order chi connectivity index (χ1) is 12.9. The predicted octanol–water partition coefficient (Wildman–Crippen LogP) is 0.303. The second kappa shape index (κ2) is 6.61. The maximum atomic E-state index is 12.7. The molecule has 1 aromatic rings. The molecule has 144 valence electrons. The van der Waals surface area contributed by atoms with Crippen molar-refractivity contribution in [3.8, 4) is 0 Å². The maximum absolute atomic E-state index is 12.7. The van der Waals surface area contributed by atoms with Gasteiger partial charge in [-0.25, -0.2) is 0 Å². The number of rotatable bonds is 5. The number of hydrogen-bond donors (Lipinski definition) is 1. The fourth-order valence-electron chi connectivity index (χ4n) is 3.73. The van der Waals surface area contributed by atoms with Gasteiger partial charge in [0.15, 0.2) is 6.10 Å². The van der Waals surface area contributed by atoms with E-state index in [1.165, 1.54) is 12.1 Å². The van der Waals surface area contributed by atoms with Gasteiger partial charge in [0.1, 0.15) is 6.54 Å². The van der Waals surface area contributed by atoms with E-state index in [9.17, 15) is 14.4 Å². The first-order valence-electron chi connectivity index (χ1n) is 9.18. The minimum atomic E-state index is -0.866. The van der Waals surface area contributed by atoms with Crippen molar-refractivity contribution in [1.82, 2.24) is 15.3 Å². The van der Waals surface area contributed by atoms with E-state index in [0.29, 0.717) is 0 Å². The van der Waals surface area contributed by atoms with Gasteiger partial charge in [-0.05, 0) is 30.5 Å². The summed E-state index contributed by atoms with van der Waals surface area (Å²) < 4.78 is 0. The Kier molecular flexibility index (Phi) is 4.39. The Hall–Kier alpha value is -2.45. The number of hydrogen-bond acceptors (Lipinski definition) is 6. The summed E-state index contributed by atoms with van der Waals surface area (Å²) >= 11 is 0. The van der Waals surface area contributed by atoms with E-state index < -0.39 is 18.1 Å². The largest absolute Gasteiger partial charge is 0.378 e. The summed E-state index contributed by atoms with van der Waals surface area (Å²) in [6, 6.07) is 7.53. The number of carbonyl (C=O) groups excluding carboxylic acids is 3. The molecule has 1 saturated carbocycles. The van der Waals surface area contributed by atoms with Crippen LogP contribution in [0.15, 0.2) is 24.3 Å². The molecule has 2 heterocycles. The standard InChI is InChI=1S/C19H24N4O4/c1-21(2)13-8-4-11(5-9-13)16-15-17(19(26)22(3)18(15)25)27-23(16)10-14(24)20-12-6-7-12/h4-5,8-9,12,15-17H,6-7,10H2,1-3H3,(H,20,24). The smallest absolute Gasteiger partial charge is 0.261 e. The van der Waals surface area contributed by atoms with E-state index in [1.54, 1.807) is 0 Å². The third-order valence-electron chi connectivity index (χ3n) is 5.41. The summed E-state index contributed by atoms with van der Waals surface area (Å²) in [6.07, 6.45) is 1.12. The molecule has 1 N–H and O–H groups in total. The van der Waals surface area contributed by atoms with Crippen LogP contribution < -0.4 is 10.2 Å². The Balaban J connectivity index is 1.62. The minimum absolute atomic E-state index is 0.00608. The normalized spacial score (nSPS) is 27.8. The molecular weight excluding hydrogens is 348 g/mol. The molecule has 2 aliphatic heterocycles. The summed E-state index contributed by atoms with van der Waals surface area (Å²) in [5, 5.41) is 4.43. The van der Waals surface area contributed by atoms with Gasteiger partial charge in [-0.3, -0.25) is 24.1 Å². The zero-order valence-corrected chi connectivity index (χ0v) is 15.7. The van der Waals surface area contributed by atoms with Crippen LogP contribution in [0.3, 0.4) is 0 Å². The Labute approximate surface area is 158 Å². The van der Waals surface area contributed by atoms with E-state index in [2.05, 4.69) is 5.32 Å². The van der Waals surface area contributed by atoms with Gasteiger partial charge < -0.3 is 10.2 Å². The average Bonchev–Trinajstić information content (AvgIpc) is 3.33. The van der Waals surface area contributed by atoms with Crippen molar-refractivity contribution in [3.63, 3.8) is 0 Å². The molecule has 4 rings (SSSR count). The Morgan fingerprint density at radius 1 is 1.19 bits per heavy atom. The number of nitrogens with one attached hydrogen (secondary N) is 1. The molecule has 2 saturated heterocycles. The van der Waals surface area contributed by atoms with Crippen LogP contribution in [0.25, 0.3) is 0 Å². The number of fused-ring (bicyclic) bond motifs is 1. The fraction of sp³-hybridized carbons (Fsp3) is 0.526. The molecule has 3 atom stereocenters. The summed E-state index contributed by atoms with van der Waals surface area (Å²) in [5.74, 6) is -1.41. The summed E-state index contributed by atoms with van der Waals surface area (Å²) in [7, 11) is 5.38. The van der Waals surface area contributed by atoms with Crippen LogP contribution in [-0.4, -0.2) is 67.5 Å². The molecule has 3 amide bonds. The number of nitrogens with zero attached hydrogens (tertiary/aromatic N) is 3. The van der Waals surface area contributed by atoms with Crippen molar-refractivity contribution in [3.05, 3.63) is 29.8 Å². The Morgan fingerprint density at radius 2 is 1.85 bits per heavy atom. The van der Waals surface area contributed by atoms with Crippen LogP contribution in [0.4, 0.5) is 5.69 Å². The second-order valence-electron chi connectivity index (χ2n) is 7.64. The predicted molar refractivity (Wildman–Crippen MR) is 97.5 cm³/mol. The monoisotopic (exact) mass is 372 g/mol. The van der Waals surface area contributed by atoms with E-state index in [1.807, 2.05) is 43.3 Å². The van der Waals surface area contributed by atoms with Gasteiger partial charge in [0, 0.05) is 32.9 Å². The number of anilines is 1. The summed E-state index contributed by atoms with van der Waals surface area (Å²) in [5.41, 5.74) is 1.88. The molecule has 27 heavy (non-hydrogen) atoms. The van der Waals surface area contributed by atoms with Gasteiger partial charge in [-0.15, -0.1) is 0 Å². The molecule has 8 heteroatoms. The minimum Gasteiger partial charge on any atom is -0.378 e. The Morgan fingerprint density at radius 3 is 2.44 bits per heavy atom. The third kappa shape index (κ3) is 3.19. The molecular formula is C19H24N4O4. The molecule has 0 radical (unpaired) electrons. The highest BCUT2D eigenvalue weighted by Crippen LogP contribution is 2.44. The van der Waals surface area contributed by atoms with Crippen molar-refractivity contribution in [2.24, 2.45) is 5.92 Å². The van der Waals surface area contributed by atoms with E-state index in [-0.39, 0.29) is 30.3 Å². The van der Waals surface area contributed by atoms with Gasteiger partial charge in [0.05, 0.1) is 12.0 Å². The fourth-order valence-corrected chi connectivity index (χ4v) is 3.73. The van der Waals surface area contributed by atoms with Crippen LogP contribution in [0.2, 0.25) is 0 Å². The van der Waals surface area contributed by atoms with Crippen molar-refractivity contribution in [2.75, 3.05) is 32.6 Å². The van der Waals surface area contributed by atoms with Crippen LogP contribution in [0.1, 0.15) is 24.4 Å². The number of carbonyl (C=O) groups is 3. The van der Waals surface area contributed by atoms with Crippen molar-refractivity contribution >= 4 is 23.4 Å². The summed E-state index contributed by atoms with van der Waals surface area (Å²) in [4.78, 5) is 46.3. The van der Waals surface area contributed by atoms with Gasteiger partial charge >= 0.3 is 0 Å². The zero-order chi connectivity index (χ0) is 19.3. The number of likely N-dealkylation sites (tertiary alicyclic amines) is 1. The topological polar surface area (TPSA) is 82.2 Å². The number of amides is 3. The quantitative estimate of drug-likeness (QED) is 0.749. The van der Waals surface area contributed by atoms with Crippen LogP contribution in [-0.2, 0) is 19.2 Å². The number of imide groups is 1.